The fourth-order valence-corrected chi connectivity index (χ4v) is 1.41. The van der Waals surface area contributed by atoms with Crippen molar-refractivity contribution in [3.05, 3.63) is 11.1 Å². The average Bonchev–Trinajstić information content (AvgIpc) is 2.88. The summed E-state index contributed by atoms with van der Waals surface area (Å²) in [6.45, 7) is 3.95. The molecule has 1 rings (SSSR count). The van der Waals surface area contributed by atoms with Crippen molar-refractivity contribution in [2.24, 2.45) is 5.92 Å². The lowest BCUT2D eigenvalue weighted by atomic mass is 10.0. The fraction of sp³-hybridized carbons (Fsp3) is 0.636. The summed E-state index contributed by atoms with van der Waals surface area (Å²) in [4.78, 5) is 11.6. The van der Waals surface area contributed by atoms with E-state index in [1.165, 1.54) is 0 Å². The number of carbonyl (C=O) groups excluding carboxylic acids is 1. The van der Waals surface area contributed by atoms with E-state index in [1.807, 2.05) is 13.0 Å². The van der Waals surface area contributed by atoms with Gasteiger partial charge >= 0.3 is 0 Å². The molecule has 70 valence electrons. The number of nitrogens with zero attached hydrogens (tertiary/aromatic N) is 1. The maximum absolute atomic E-state index is 11.6. The van der Waals surface area contributed by atoms with Crippen LogP contribution in [0.5, 0.6) is 0 Å². The number of hydrogen-bond acceptors (Lipinski definition) is 2. The molecule has 0 unspecified atom stereocenters. The van der Waals surface area contributed by atoms with Crippen molar-refractivity contribution in [1.82, 2.24) is 0 Å². The molecule has 0 aromatic carbocycles. The van der Waals surface area contributed by atoms with E-state index in [-0.39, 0.29) is 11.7 Å². The number of Topliss-reactive ketones (excluding diaryl/α,β-unsaturated/α-hetero) is 1. The summed E-state index contributed by atoms with van der Waals surface area (Å²) in [5.74, 6) is 0.245. The van der Waals surface area contributed by atoms with Crippen molar-refractivity contribution in [1.29, 1.82) is 5.26 Å². The van der Waals surface area contributed by atoms with Gasteiger partial charge < -0.3 is 0 Å². The Labute approximate surface area is 79.2 Å². The fourth-order valence-electron chi connectivity index (χ4n) is 1.41. The van der Waals surface area contributed by atoms with Crippen molar-refractivity contribution in [2.45, 2.75) is 39.5 Å². The lowest BCUT2D eigenvalue weighted by molar-refractivity contribution is -0.116. The maximum atomic E-state index is 11.6. The van der Waals surface area contributed by atoms with Gasteiger partial charge in [-0.15, -0.1) is 0 Å². The van der Waals surface area contributed by atoms with E-state index in [0.717, 1.165) is 31.3 Å². The van der Waals surface area contributed by atoms with E-state index in [2.05, 4.69) is 6.92 Å². The molecule has 0 aromatic heterocycles. The maximum Gasteiger partial charge on any atom is 0.176 e. The van der Waals surface area contributed by atoms with Crippen LogP contribution < -0.4 is 0 Å². The van der Waals surface area contributed by atoms with Crippen molar-refractivity contribution < 1.29 is 4.79 Å². The number of nitriles is 1. The van der Waals surface area contributed by atoms with Gasteiger partial charge in [-0.3, -0.25) is 4.79 Å². The molecule has 1 aliphatic carbocycles. The summed E-state index contributed by atoms with van der Waals surface area (Å²) < 4.78 is 0. The Morgan fingerprint density at radius 3 is 2.54 bits per heavy atom. The third-order valence-corrected chi connectivity index (χ3v) is 2.36. The summed E-state index contributed by atoms with van der Waals surface area (Å²) in [6.07, 6.45) is 3.81. The van der Waals surface area contributed by atoms with Crippen LogP contribution in [-0.4, -0.2) is 5.78 Å². The Kier molecular flexibility index (Phi) is 3.25. The minimum Gasteiger partial charge on any atom is -0.293 e. The van der Waals surface area contributed by atoms with Gasteiger partial charge in [0.2, 0.25) is 0 Å². The predicted octanol–water partition coefficient (Wildman–Crippen LogP) is 2.61. The molecular weight excluding hydrogens is 162 g/mol. The molecule has 0 atom stereocenters. The SMILES string of the molecule is CCCC(C)=C(C#N)C(=O)C1CC1. The molecule has 2 heteroatoms. The molecular formula is C11H15NO. The third-order valence-electron chi connectivity index (χ3n) is 2.36. The molecule has 0 aromatic rings. The van der Waals surface area contributed by atoms with Gasteiger partial charge in [-0.1, -0.05) is 18.9 Å². The Morgan fingerprint density at radius 2 is 2.15 bits per heavy atom. The predicted molar refractivity (Wildman–Crippen MR) is 51.0 cm³/mol. The molecule has 0 radical (unpaired) electrons. The second-order valence-electron chi connectivity index (χ2n) is 3.66. The summed E-state index contributed by atoms with van der Waals surface area (Å²) in [5.41, 5.74) is 1.38. The summed E-state index contributed by atoms with van der Waals surface area (Å²) in [5, 5.41) is 8.84. The van der Waals surface area contributed by atoms with Crippen LogP contribution in [0.1, 0.15) is 39.5 Å². The second kappa shape index (κ2) is 4.23. The van der Waals surface area contributed by atoms with Gasteiger partial charge in [0.15, 0.2) is 5.78 Å². The normalized spacial score (nSPS) is 17.6. The van der Waals surface area contributed by atoms with Gasteiger partial charge in [-0.25, -0.2) is 0 Å². The van der Waals surface area contributed by atoms with Gasteiger partial charge in [0.05, 0.1) is 5.57 Å². The lowest BCUT2D eigenvalue weighted by Gasteiger charge is -2.01. The summed E-state index contributed by atoms with van der Waals surface area (Å²) in [7, 11) is 0. The molecule has 0 saturated heterocycles. The molecule has 1 aliphatic rings. The van der Waals surface area contributed by atoms with E-state index in [0.29, 0.717) is 5.57 Å². The van der Waals surface area contributed by atoms with Gasteiger partial charge in [0, 0.05) is 5.92 Å². The van der Waals surface area contributed by atoms with Crippen LogP contribution in [0.25, 0.3) is 0 Å². The zero-order valence-electron chi connectivity index (χ0n) is 8.26. The lowest BCUT2D eigenvalue weighted by Crippen LogP contribution is -2.05. The van der Waals surface area contributed by atoms with Crippen LogP contribution in [0.15, 0.2) is 11.1 Å². The number of ketones is 1. The molecule has 0 amide bonds. The van der Waals surface area contributed by atoms with Gasteiger partial charge in [0.1, 0.15) is 6.07 Å². The van der Waals surface area contributed by atoms with Crippen molar-refractivity contribution in [2.75, 3.05) is 0 Å². The first-order valence-electron chi connectivity index (χ1n) is 4.84. The first-order chi connectivity index (χ1) is 6.20. The van der Waals surface area contributed by atoms with E-state index < -0.39 is 0 Å². The average molecular weight is 177 g/mol. The first kappa shape index (κ1) is 9.98. The van der Waals surface area contributed by atoms with E-state index >= 15 is 0 Å². The van der Waals surface area contributed by atoms with E-state index in [9.17, 15) is 4.79 Å². The first-order valence-corrected chi connectivity index (χ1v) is 4.84. The van der Waals surface area contributed by atoms with Crippen LogP contribution in [0, 0.1) is 17.2 Å². The second-order valence-corrected chi connectivity index (χ2v) is 3.66. The largest absolute Gasteiger partial charge is 0.293 e. The standard InChI is InChI=1S/C11H15NO/c1-3-4-8(2)10(7-12)11(13)9-5-6-9/h9H,3-6H2,1-2H3. The van der Waals surface area contributed by atoms with Crippen LogP contribution in [0.3, 0.4) is 0 Å². The quantitative estimate of drug-likeness (QED) is 0.489. The van der Waals surface area contributed by atoms with Crippen LogP contribution in [-0.2, 0) is 4.79 Å². The number of hydrogen-bond donors (Lipinski definition) is 0. The Balaban J connectivity index is 2.76. The molecule has 1 fully saturated rings. The molecule has 0 bridgehead atoms. The minimum atomic E-state index is 0.0773. The highest BCUT2D eigenvalue weighted by Crippen LogP contribution is 2.33. The van der Waals surface area contributed by atoms with Crippen LogP contribution in [0.4, 0.5) is 0 Å². The Hall–Kier alpha value is -1.10. The summed E-state index contributed by atoms with van der Waals surface area (Å²) in [6, 6.07) is 2.04. The Bertz CT molecular complexity index is 279. The minimum absolute atomic E-state index is 0.0773. The molecule has 0 spiro atoms. The van der Waals surface area contributed by atoms with Crippen LogP contribution in [0.2, 0.25) is 0 Å². The van der Waals surface area contributed by atoms with E-state index in [4.69, 9.17) is 5.26 Å². The third kappa shape index (κ3) is 2.42. The number of carbonyl (C=O) groups is 1. The zero-order chi connectivity index (χ0) is 9.84. The number of rotatable bonds is 4. The highest BCUT2D eigenvalue weighted by molar-refractivity contribution is 6.02. The van der Waals surface area contributed by atoms with Crippen molar-refractivity contribution in [3.63, 3.8) is 0 Å². The van der Waals surface area contributed by atoms with Gasteiger partial charge in [-0.05, 0) is 26.2 Å². The highest BCUT2D eigenvalue weighted by atomic mass is 16.1. The van der Waals surface area contributed by atoms with Crippen LogP contribution >= 0.6 is 0 Å². The molecule has 0 aliphatic heterocycles. The topological polar surface area (TPSA) is 40.9 Å². The van der Waals surface area contributed by atoms with E-state index in [1.54, 1.807) is 0 Å². The monoisotopic (exact) mass is 177 g/mol. The van der Waals surface area contributed by atoms with Gasteiger partial charge in [-0.2, -0.15) is 5.26 Å². The van der Waals surface area contributed by atoms with Crippen molar-refractivity contribution >= 4 is 5.78 Å². The molecule has 0 heterocycles. The smallest absolute Gasteiger partial charge is 0.176 e. The zero-order valence-corrected chi connectivity index (χ0v) is 8.26. The molecule has 1 saturated carbocycles. The van der Waals surface area contributed by atoms with Gasteiger partial charge in [0.25, 0.3) is 0 Å². The molecule has 13 heavy (non-hydrogen) atoms. The highest BCUT2D eigenvalue weighted by Gasteiger charge is 2.32. The Morgan fingerprint density at radius 1 is 1.54 bits per heavy atom. The van der Waals surface area contributed by atoms with Crippen molar-refractivity contribution in [3.8, 4) is 6.07 Å². The summed E-state index contributed by atoms with van der Waals surface area (Å²) >= 11 is 0. The number of allylic oxidation sites excluding steroid dienone is 2. The molecule has 0 N–H and O–H groups in total. The molecule has 2 nitrogen and oxygen atoms in total.